The lowest BCUT2D eigenvalue weighted by molar-refractivity contribution is -0.126. The molecule has 0 bridgehead atoms. The van der Waals surface area contributed by atoms with Gasteiger partial charge in [-0.3, -0.25) is 4.79 Å². The number of carbonyl (C=O) groups is 1. The molecule has 174 valence electrons. The first-order chi connectivity index (χ1) is 16.6. The maximum atomic E-state index is 12.5. The van der Waals surface area contributed by atoms with Crippen LogP contribution in [-0.2, 0) is 4.79 Å². The first-order valence-corrected chi connectivity index (χ1v) is 12.9. The van der Waals surface area contributed by atoms with Crippen LogP contribution in [0.3, 0.4) is 0 Å². The summed E-state index contributed by atoms with van der Waals surface area (Å²) in [6, 6.07) is 27.3. The van der Waals surface area contributed by atoms with E-state index in [2.05, 4.69) is 59.9 Å². The van der Waals surface area contributed by atoms with E-state index in [0.29, 0.717) is 24.2 Å². The van der Waals surface area contributed by atoms with Gasteiger partial charge >= 0.3 is 0 Å². The molecule has 1 saturated carbocycles. The van der Waals surface area contributed by atoms with Crippen LogP contribution in [0, 0.1) is 17.8 Å². The van der Waals surface area contributed by atoms with Crippen LogP contribution in [0.4, 0.5) is 0 Å². The van der Waals surface area contributed by atoms with Crippen LogP contribution < -0.4 is 5.32 Å². The minimum Gasteiger partial charge on any atom is -0.353 e. The number of hydrogen-bond acceptors (Lipinski definition) is 1. The highest BCUT2D eigenvalue weighted by atomic mass is 35.5. The number of hydrogen-bond donors (Lipinski definition) is 1. The molecule has 1 aliphatic heterocycles. The topological polar surface area (TPSA) is 29.1 Å². The van der Waals surface area contributed by atoms with Gasteiger partial charge in [-0.2, -0.15) is 0 Å². The highest BCUT2D eigenvalue weighted by molar-refractivity contribution is 6.30. The molecule has 5 atom stereocenters. The Labute approximate surface area is 212 Å². The van der Waals surface area contributed by atoms with Gasteiger partial charge in [0.05, 0.1) is 0 Å². The van der Waals surface area contributed by atoms with Gasteiger partial charge in [0.1, 0.15) is 0 Å². The molecule has 2 nitrogen and oxygen atoms in total. The molecule has 3 aromatic carbocycles. The Hall–Kier alpha value is -2.55. The van der Waals surface area contributed by atoms with E-state index < -0.39 is 0 Å². The van der Waals surface area contributed by atoms with Gasteiger partial charge in [0.15, 0.2) is 0 Å². The molecule has 5 unspecified atom stereocenters. The van der Waals surface area contributed by atoms with Gasteiger partial charge in [-0.15, -0.1) is 0 Å². The van der Waals surface area contributed by atoms with Crippen LogP contribution in [0.25, 0.3) is 6.08 Å². The minimum atomic E-state index is 0.169. The first kappa shape index (κ1) is 23.2. The number of rotatable bonds is 5. The van der Waals surface area contributed by atoms with E-state index in [1.807, 2.05) is 36.4 Å². The van der Waals surface area contributed by atoms with Crippen molar-refractivity contribution in [2.75, 3.05) is 0 Å². The van der Waals surface area contributed by atoms with Crippen LogP contribution in [0.15, 0.2) is 84.9 Å². The lowest BCUT2D eigenvalue weighted by atomic mass is 9.64. The van der Waals surface area contributed by atoms with Crippen LogP contribution in [-0.4, -0.2) is 11.9 Å². The van der Waals surface area contributed by atoms with Crippen LogP contribution in [0.2, 0.25) is 10.0 Å². The predicted molar refractivity (Wildman–Crippen MR) is 141 cm³/mol. The van der Waals surface area contributed by atoms with Crippen molar-refractivity contribution >= 4 is 35.2 Å². The van der Waals surface area contributed by atoms with E-state index in [0.717, 1.165) is 34.9 Å². The van der Waals surface area contributed by atoms with E-state index >= 15 is 0 Å². The van der Waals surface area contributed by atoms with E-state index in [4.69, 9.17) is 23.2 Å². The van der Waals surface area contributed by atoms with E-state index in [9.17, 15) is 4.79 Å². The van der Waals surface area contributed by atoms with E-state index in [1.54, 1.807) is 0 Å². The molecular weight excluding hydrogens is 461 g/mol. The fourth-order valence-electron chi connectivity index (χ4n) is 5.91. The maximum Gasteiger partial charge on any atom is 0.220 e. The van der Waals surface area contributed by atoms with Crippen LogP contribution >= 0.6 is 23.2 Å². The summed E-state index contributed by atoms with van der Waals surface area (Å²) in [7, 11) is 0. The molecule has 0 aromatic heterocycles. The highest BCUT2D eigenvalue weighted by Gasteiger charge is 2.42. The van der Waals surface area contributed by atoms with Crippen molar-refractivity contribution < 1.29 is 4.79 Å². The van der Waals surface area contributed by atoms with Crippen molar-refractivity contribution in [3.05, 3.63) is 112 Å². The molecule has 0 spiro atoms. The van der Waals surface area contributed by atoms with Gasteiger partial charge in [0.25, 0.3) is 0 Å². The summed E-state index contributed by atoms with van der Waals surface area (Å²) in [4.78, 5) is 12.5. The molecule has 1 N–H and O–H groups in total. The van der Waals surface area contributed by atoms with Crippen molar-refractivity contribution in [3.8, 4) is 0 Å². The SMILES string of the molecule is O=C1CC(/C=C/c2ccc(Cl)cc2)C2CC(C(c3ccccc3)c3ccc(Cl)cc3)CCC2N1. The summed E-state index contributed by atoms with van der Waals surface area (Å²) in [5.74, 6) is 1.66. The standard InChI is InChI=1S/C30H29Cl2NO/c31-25-13-7-20(8-14-25)6-9-23-19-29(34)33-28-17-12-24(18-27(23)28)30(21-4-2-1-3-5-21)22-10-15-26(32)16-11-22/h1-11,13-16,23-24,27-28,30H,12,17-19H2,(H,33,34)/b9-6+. The summed E-state index contributed by atoms with van der Waals surface area (Å²) < 4.78 is 0. The van der Waals surface area contributed by atoms with Gasteiger partial charge in [0, 0.05) is 28.4 Å². The summed E-state index contributed by atoms with van der Waals surface area (Å²) in [5.41, 5.74) is 3.77. The third-order valence-corrected chi connectivity index (χ3v) is 8.03. The molecule has 1 heterocycles. The molecule has 2 aliphatic rings. The fraction of sp³-hybridized carbons (Fsp3) is 0.300. The Morgan fingerprint density at radius 2 is 1.47 bits per heavy atom. The van der Waals surface area contributed by atoms with Crippen molar-refractivity contribution in [1.82, 2.24) is 5.32 Å². The molecule has 1 aliphatic carbocycles. The second-order valence-corrected chi connectivity index (χ2v) is 10.5. The van der Waals surface area contributed by atoms with E-state index in [1.165, 1.54) is 11.1 Å². The van der Waals surface area contributed by atoms with E-state index in [-0.39, 0.29) is 17.9 Å². The number of halogens is 2. The Morgan fingerprint density at radius 3 is 2.18 bits per heavy atom. The second kappa shape index (κ2) is 10.4. The number of carbonyl (C=O) groups excluding carboxylic acids is 1. The zero-order valence-electron chi connectivity index (χ0n) is 19.0. The van der Waals surface area contributed by atoms with Crippen molar-refractivity contribution in [2.45, 2.75) is 37.6 Å². The summed E-state index contributed by atoms with van der Waals surface area (Å²) >= 11 is 12.3. The van der Waals surface area contributed by atoms with Gasteiger partial charge in [0.2, 0.25) is 5.91 Å². The number of amides is 1. The van der Waals surface area contributed by atoms with Gasteiger partial charge < -0.3 is 5.32 Å². The zero-order valence-corrected chi connectivity index (χ0v) is 20.6. The second-order valence-electron chi connectivity index (χ2n) is 9.63. The Morgan fingerprint density at radius 1 is 0.824 bits per heavy atom. The molecule has 3 aromatic rings. The summed E-state index contributed by atoms with van der Waals surface area (Å²) in [6.07, 6.45) is 8.15. The minimum absolute atomic E-state index is 0.169. The zero-order chi connectivity index (χ0) is 23.5. The predicted octanol–water partition coefficient (Wildman–Crippen LogP) is 7.76. The average molecular weight is 490 g/mol. The molecule has 4 heteroatoms. The molecule has 1 saturated heterocycles. The number of piperidine rings is 1. The first-order valence-electron chi connectivity index (χ1n) is 12.1. The number of benzene rings is 3. The van der Waals surface area contributed by atoms with Crippen LogP contribution in [0.1, 0.15) is 48.3 Å². The van der Waals surface area contributed by atoms with Crippen molar-refractivity contribution in [3.63, 3.8) is 0 Å². The largest absolute Gasteiger partial charge is 0.353 e. The van der Waals surface area contributed by atoms with Crippen LogP contribution in [0.5, 0.6) is 0 Å². The Bertz CT molecular complexity index is 1140. The summed E-state index contributed by atoms with van der Waals surface area (Å²) in [6.45, 7) is 0. The molecule has 1 amide bonds. The van der Waals surface area contributed by atoms with Crippen molar-refractivity contribution in [2.24, 2.45) is 17.8 Å². The van der Waals surface area contributed by atoms with Crippen molar-refractivity contribution in [1.29, 1.82) is 0 Å². The Balaban J connectivity index is 1.42. The molecule has 0 radical (unpaired) electrons. The summed E-state index contributed by atoms with van der Waals surface area (Å²) in [5, 5.41) is 4.79. The highest BCUT2D eigenvalue weighted by Crippen LogP contribution is 2.46. The lowest BCUT2D eigenvalue weighted by Gasteiger charge is -2.45. The molecule has 2 fully saturated rings. The smallest absolute Gasteiger partial charge is 0.220 e. The fourth-order valence-corrected chi connectivity index (χ4v) is 6.16. The number of fused-ring (bicyclic) bond motifs is 1. The molecule has 34 heavy (non-hydrogen) atoms. The number of allylic oxidation sites excluding steroid dienone is 1. The third-order valence-electron chi connectivity index (χ3n) is 7.52. The lowest BCUT2D eigenvalue weighted by Crippen LogP contribution is -2.51. The quantitative estimate of drug-likeness (QED) is 0.389. The Kier molecular flexibility index (Phi) is 7.08. The van der Waals surface area contributed by atoms with Gasteiger partial charge in [-0.1, -0.05) is 90.0 Å². The molecule has 5 rings (SSSR count). The van der Waals surface area contributed by atoms with Gasteiger partial charge in [-0.05, 0) is 78.0 Å². The van der Waals surface area contributed by atoms with Gasteiger partial charge in [-0.25, -0.2) is 0 Å². The normalized spacial score (nSPS) is 25.5. The average Bonchev–Trinajstić information content (AvgIpc) is 2.86. The third kappa shape index (κ3) is 5.24. The number of nitrogens with one attached hydrogen (secondary N) is 1. The monoisotopic (exact) mass is 489 g/mol. The maximum absolute atomic E-state index is 12.5. The molecular formula is C30H29Cl2NO.